The zero-order chi connectivity index (χ0) is 20.3. The maximum atomic E-state index is 12.9. The van der Waals surface area contributed by atoms with Crippen molar-refractivity contribution in [2.75, 3.05) is 32.6 Å². The van der Waals surface area contributed by atoms with Crippen molar-refractivity contribution in [2.45, 2.75) is 24.0 Å². The van der Waals surface area contributed by atoms with Crippen LogP contribution in [0.15, 0.2) is 34.5 Å². The summed E-state index contributed by atoms with van der Waals surface area (Å²) in [4.78, 5) is 13.7. The number of ether oxygens (including phenoxy) is 2. The summed E-state index contributed by atoms with van der Waals surface area (Å²) in [6, 6.07) is 8.54. The highest BCUT2D eigenvalue weighted by molar-refractivity contribution is 7.91. The molecular formula is C19H24N2O5S2. The Morgan fingerprint density at radius 2 is 1.86 bits per heavy atom. The standard InChI is InChI=1S/C19H24N2O5S2/c1-13-6-7-18(27-13)28(23,24)21-8-4-5-14(12-21)19(22)20-15-9-16(25-2)11-17(10-15)26-3/h6-7,9-11,14H,4-5,8,12H2,1-3H3,(H,20,22). The lowest BCUT2D eigenvalue weighted by Gasteiger charge is -2.30. The second kappa shape index (κ2) is 8.50. The van der Waals surface area contributed by atoms with Crippen LogP contribution >= 0.6 is 11.3 Å². The topological polar surface area (TPSA) is 84.9 Å². The minimum atomic E-state index is -3.57. The predicted octanol–water partition coefficient (Wildman–Crippen LogP) is 3.11. The Morgan fingerprint density at radius 3 is 2.43 bits per heavy atom. The largest absolute Gasteiger partial charge is 0.497 e. The molecule has 1 N–H and O–H groups in total. The number of hydrogen-bond donors (Lipinski definition) is 1. The van der Waals surface area contributed by atoms with E-state index in [0.717, 1.165) is 4.88 Å². The summed E-state index contributed by atoms with van der Waals surface area (Å²) in [5, 5.41) is 2.86. The van der Waals surface area contributed by atoms with Gasteiger partial charge in [-0.05, 0) is 31.9 Å². The molecule has 3 rings (SSSR count). The van der Waals surface area contributed by atoms with Crippen LogP contribution in [-0.2, 0) is 14.8 Å². The number of aryl methyl sites for hydroxylation is 1. The lowest BCUT2D eigenvalue weighted by atomic mass is 9.98. The van der Waals surface area contributed by atoms with E-state index in [1.54, 1.807) is 30.3 Å². The van der Waals surface area contributed by atoms with Crippen LogP contribution in [-0.4, -0.2) is 45.9 Å². The SMILES string of the molecule is COc1cc(NC(=O)C2CCCN(S(=O)(=O)c3ccc(C)s3)C2)cc(OC)c1. The van der Waals surface area contributed by atoms with E-state index in [1.807, 2.05) is 6.92 Å². The molecule has 0 radical (unpaired) electrons. The lowest BCUT2D eigenvalue weighted by molar-refractivity contribution is -0.120. The second-order valence-electron chi connectivity index (χ2n) is 6.66. The van der Waals surface area contributed by atoms with Gasteiger partial charge in [-0.15, -0.1) is 11.3 Å². The number of carbonyl (C=O) groups excluding carboxylic acids is 1. The molecule has 9 heteroatoms. The maximum absolute atomic E-state index is 12.9. The molecule has 1 unspecified atom stereocenters. The van der Waals surface area contributed by atoms with Gasteiger partial charge in [-0.25, -0.2) is 8.42 Å². The number of sulfonamides is 1. The van der Waals surface area contributed by atoms with E-state index in [2.05, 4.69) is 5.32 Å². The minimum absolute atomic E-state index is 0.173. The van der Waals surface area contributed by atoms with Gasteiger partial charge in [0.2, 0.25) is 5.91 Å². The first-order valence-electron chi connectivity index (χ1n) is 8.94. The number of rotatable bonds is 6. The van der Waals surface area contributed by atoms with Crippen LogP contribution in [0, 0.1) is 12.8 Å². The highest BCUT2D eigenvalue weighted by Gasteiger charge is 2.34. The van der Waals surface area contributed by atoms with Gasteiger partial charge >= 0.3 is 0 Å². The van der Waals surface area contributed by atoms with Gasteiger partial charge < -0.3 is 14.8 Å². The molecule has 2 aromatic rings. The number of nitrogens with one attached hydrogen (secondary N) is 1. The third-order valence-electron chi connectivity index (χ3n) is 4.68. The molecule has 0 spiro atoms. The maximum Gasteiger partial charge on any atom is 0.252 e. The van der Waals surface area contributed by atoms with Gasteiger partial charge in [0.15, 0.2) is 0 Å². The van der Waals surface area contributed by atoms with Crippen LogP contribution in [0.2, 0.25) is 0 Å². The number of methoxy groups -OCH3 is 2. The molecule has 2 heterocycles. The zero-order valence-corrected chi connectivity index (χ0v) is 17.7. The molecule has 1 atom stereocenters. The monoisotopic (exact) mass is 424 g/mol. The van der Waals surface area contributed by atoms with Crippen molar-refractivity contribution >= 4 is 33.0 Å². The Hall–Kier alpha value is -2.10. The van der Waals surface area contributed by atoms with Crippen molar-refractivity contribution in [3.05, 3.63) is 35.2 Å². The number of benzene rings is 1. The van der Waals surface area contributed by atoms with Gasteiger partial charge in [0, 0.05) is 41.9 Å². The van der Waals surface area contributed by atoms with Gasteiger partial charge in [-0.1, -0.05) is 0 Å². The number of thiophene rings is 1. The van der Waals surface area contributed by atoms with E-state index in [-0.39, 0.29) is 12.5 Å². The first-order valence-corrected chi connectivity index (χ1v) is 11.2. The number of amides is 1. The van der Waals surface area contributed by atoms with Gasteiger partial charge in [0.25, 0.3) is 10.0 Å². The lowest BCUT2D eigenvalue weighted by Crippen LogP contribution is -2.43. The van der Waals surface area contributed by atoms with Gasteiger partial charge in [-0.2, -0.15) is 4.31 Å². The highest BCUT2D eigenvalue weighted by Crippen LogP contribution is 2.30. The van der Waals surface area contributed by atoms with Gasteiger partial charge in [-0.3, -0.25) is 4.79 Å². The van der Waals surface area contributed by atoms with Gasteiger partial charge in [0.1, 0.15) is 15.7 Å². The zero-order valence-electron chi connectivity index (χ0n) is 16.1. The molecule has 1 fully saturated rings. The van der Waals surface area contributed by atoms with E-state index < -0.39 is 15.9 Å². The first-order chi connectivity index (χ1) is 13.3. The Morgan fingerprint density at radius 1 is 1.18 bits per heavy atom. The van der Waals surface area contributed by atoms with Crippen LogP contribution in [0.5, 0.6) is 11.5 Å². The van der Waals surface area contributed by atoms with Crippen molar-refractivity contribution in [3.63, 3.8) is 0 Å². The number of anilines is 1. The Balaban J connectivity index is 1.73. The molecule has 1 aromatic heterocycles. The number of nitrogens with zero attached hydrogens (tertiary/aromatic N) is 1. The van der Waals surface area contributed by atoms with Gasteiger partial charge in [0.05, 0.1) is 20.1 Å². The predicted molar refractivity (Wildman–Crippen MR) is 109 cm³/mol. The smallest absolute Gasteiger partial charge is 0.252 e. The Kier molecular flexibility index (Phi) is 6.26. The molecule has 7 nitrogen and oxygen atoms in total. The third kappa shape index (κ3) is 4.48. The quantitative estimate of drug-likeness (QED) is 0.770. The van der Waals surface area contributed by atoms with Crippen LogP contribution in [0.1, 0.15) is 17.7 Å². The fourth-order valence-electron chi connectivity index (χ4n) is 3.18. The second-order valence-corrected chi connectivity index (χ2v) is 10.1. The molecule has 1 aliphatic rings. The summed E-state index contributed by atoms with van der Waals surface area (Å²) in [6.45, 7) is 2.47. The fourth-order valence-corrected chi connectivity index (χ4v) is 6.14. The molecule has 0 bridgehead atoms. The summed E-state index contributed by atoms with van der Waals surface area (Å²) in [7, 11) is -0.494. The van der Waals surface area contributed by atoms with E-state index in [1.165, 1.54) is 29.9 Å². The van der Waals surface area contributed by atoms with Crippen LogP contribution < -0.4 is 14.8 Å². The van der Waals surface area contributed by atoms with E-state index >= 15 is 0 Å². The summed E-state index contributed by atoms with van der Waals surface area (Å²) in [5.41, 5.74) is 0.551. The minimum Gasteiger partial charge on any atom is -0.497 e. The first kappa shape index (κ1) is 20.6. The molecule has 1 aromatic carbocycles. The van der Waals surface area contributed by atoms with E-state index in [0.29, 0.717) is 40.8 Å². The van der Waals surface area contributed by atoms with Crippen molar-refractivity contribution in [1.29, 1.82) is 0 Å². The van der Waals surface area contributed by atoms with Crippen LogP contribution in [0.25, 0.3) is 0 Å². The number of carbonyl (C=O) groups is 1. The molecule has 152 valence electrons. The Labute approximate surface area is 169 Å². The molecule has 0 saturated carbocycles. The van der Waals surface area contributed by atoms with Crippen molar-refractivity contribution in [2.24, 2.45) is 5.92 Å². The molecule has 0 aliphatic carbocycles. The summed E-state index contributed by atoms with van der Waals surface area (Å²) < 4.78 is 37.9. The molecule has 1 aliphatic heterocycles. The van der Waals surface area contributed by atoms with Crippen LogP contribution in [0.3, 0.4) is 0 Å². The third-order valence-corrected chi connectivity index (χ3v) is 8.02. The highest BCUT2D eigenvalue weighted by atomic mass is 32.2. The Bertz CT molecular complexity index is 933. The number of piperidine rings is 1. The van der Waals surface area contributed by atoms with Crippen molar-refractivity contribution in [3.8, 4) is 11.5 Å². The molecular weight excluding hydrogens is 400 g/mol. The van der Waals surface area contributed by atoms with Crippen molar-refractivity contribution < 1.29 is 22.7 Å². The summed E-state index contributed by atoms with van der Waals surface area (Å²) in [5.74, 6) is 0.505. The average Bonchev–Trinajstić information content (AvgIpc) is 3.15. The molecule has 1 saturated heterocycles. The fraction of sp³-hybridized carbons (Fsp3) is 0.421. The van der Waals surface area contributed by atoms with Crippen LogP contribution in [0.4, 0.5) is 5.69 Å². The average molecular weight is 425 g/mol. The summed E-state index contributed by atoms with van der Waals surface area (Å²) >= 11 is 1.25. The molecule has 1 amide bonds. The van der Waals surface area contributed by atoms with E-state index in [4.69, 9.17) is 9.47 Å². The normalized spacial score (nSPS) is 17.9. The van der Waals surface area contributed by atoms with E-state index in [9.17, 15) is 13.2 Å². The number of hydrogen-bond acceptors (Lipinski definition) is 6. The summed E-state index contributed by atoms with van der Waals surface area (Å²) in [6.07, 6.45) is 1.28. The van der Waals surface area contributed by atoms with Crippen molar-refractivity contribution in [1.82, 2.24) is 4.31 Å². The molecule has 28 heavy (non-hydrogen) atoms.